The molecular formula is C24H22N2O4. The summed E-state index contributed by atoms with van der Waals surface area (Å²) in [6.45, 7) is 3.27. The number of hydrogen-bond acceptors (Lipinski definition) is 4. The van der Waals surface area contributed by atoms with Crippen LogP contribution in [0.4, 0.5) is 11.4 Å². The van der Waals surface area contributed by atoms with Gasteiger partial charge in [-0.15, -0.1) is 0 Å². The maximum absolute atomic E-state index is 12.6. The van der Waals surface area contributed by atoms with Gasteiger partial charge in [0.2, 0.25) is 0 Å². The zero-order valence-electron chi connectivity index (χ0n) is 16.8. The highest BCUT2D eigenvalue weighted by Gasteiger charge is 2.16. The van der Waals surface area contributed by atoms with Crippen molar-refractivity contribution in [2.24, 2.45) is 0 Å². The Labute approximate surface area is 174 Å². The third kappa shape index (κ3) is 5.11. The molecule has 0 atom stereocenters. The lowest BCUT2D eigenvalue weighted by Gasteiger charge is -2.12. The highest BCUT2D eigenvalue weighted by Crippen LogP contribution is 2.18. The van der Waals surface area contributed by atoms with Crippen molar-refractivity contribution in [2.45, 2.75) is 13.8 Å². The van der Waals surface area contributed by atoms with Gasteiger partial charge in [-0.2, -0.15) is 0 Å². The number of aryl methyl sites for hydroxylation is 1. The zero-order chi connectivity index (χ0) is 21.5. The van der Waals surface area contributed by atoms with Crippen LogP contribution in [0.5, 0.6) is 0 Å². The molecule has 0 bridgehead atoms. The first-order valence-corrected chi connectivity index (χ1v) is 9.44. The van der Waals surface area contributed by atoms with Crippen LogP contribution in [-0.2, 0) is 9.53 Å². The maximum Gasteiger partial charge on any atom is 0.338 e. The average molecular weight is 402 g/mol. The molecule has 2 N–H and O–H groups in total. The first-order chi connectivity index (χ1) is 14.5. The number of benzene rings is 3. The van der Waals surface area contributed by atoms with Crippen molar-refractivity contribution in [3.63, 3.8) is 0 Å². The molecule has 3 aromatic carbocycles. The third-order valence-corrected chi connectivity index (χ3v) is 4.64. The monoisotopic (exact) mass is 402 g/mol. The van der Waals surface area contributed by atoms with Gasteiger partial charge in [-0.05, 0) is 55.3 Å². The van der Waals surface area contributed by atoms with E-state index in [9.17, 15) is 14.4 Å². The fourth-order valence-corrected chi connectivity index (χ4v) is 2.88. The number of esters is 1. The van der Waals surface area contributed by atoms with E-state index in [1.807, 2.05) is 38.1 Å². The Kier molecular flexibility index (Phi) is 6.60. The second kappa shape index (κ2) is 9.52. The molecule has 0 aliphatic carbocycles. The molecule has 0 heterocycles. The van der Waals surface area contributed by atoms with Crippen LogP contribution in [0.1, 0.15) is 31.8 Å². The van der Waals surface area contributed by atoms with Gasteiger partial charge in [0.05, 0.1) is 16.8 Å². The van der Waals surface area contributed by atoms with E-state index in [-0.39, 0.29) is 5.91 Å². The summed E-state index contributed by atoms with van der Waals surface area (Å²) in [6.07, 6.45) is 0. The Balaban J connectivity index is 1.63. The largest absolute Gasteiger partial charge is 0.452 e. The number of ether oxygens (including phenoxy) is 1. The van der Waals surface area contributed by atoms with Crippen molar-refractivity contribution in [2.75, 3.05) is 17.2 Å². The molecule has 152 valence electrons. The molecule has 6 heteroatoms. The van der Waals surface area contributed by atoms with Gasteiger partial charge in [0.1, 0.15) is 0 Å². The molecule has 0 unspecified atom stereocenters. The lowest BCUT2D eigenvalue weighted by atomic mass is 10.0. The minimum absolute atomic E-state index is 0.301. The van der Waals surface area contributed by atoms with Crippen molar-refractivity contribution in [3.8, 4) is 0 Å². The SMILES string of the molecule is Cc1cccc(C(=O)OCC(=O)Nc2ccccc2C(=O)Nc2ccccc2)c1C. The van der Waals surface area contributed by atoms with Crippen LogP contribution in [0, 0.1) is 13.8 Å². The topological polar surface area (TPSA) is 84.5 Å². The summed E-state index contributed by atoms with van der Waals surface area (Å²) in [5.41, 5.74) is 3.48. The number of para-hydroxylation sites is 2. The van der Waals surface area contributed by atoms with Gasteiger partial charge in [0.25, 0.3) is 11.8 Å². The fourth-order valence-electron chi connectivity index (χ4n) is 2.88. The Bertz CT molecular complexity index is 1080. The normalized spacial score (nSPS) is 10.2. The van der Waals surface area contributed by atoms with Crippen LogP contribution in [0.3, 0.4) is 0 Å². The number of carbonyl (C=O) groups excluding carboxylic acids is 3. The van der Waals surface area contributed by atoms with Gasteiger partial charge in [0, 0.05) is 5.69 Å². The lowest BCUT2D eigenvalue weighted by molar-refractivity contribution is -0.119. The maximum atomic E-state index is 12.6. The van der Waals surface area contributed by atoms with E-state index in [1.54, 1.807) is 48.5 Å². The summed E-state index contributed by atoms with van der Waals surface area (Å²) in [5, 5.41) is 5.41. The molecule has 3 aromatic rings. The molecule has 6 nitrogen and oxygen atoms in total. The van der Waals surface area contributed by atoms with Crippen LogP contribution >= 0.6 is 0 Å². The second-order valence-electron chi connectivity index (χ2n) is 6.74. The molecule has 0 saturated heterocycles. The third-order valence-electron chi connectivity index (χ3n) is 4.64. The van der Waals surface area contributed by atoms with Crippen molar-refractivity contribution in [1.29, 1.82) is 0 Å². The van der Waals surface area contributed by atoms with Crippen LogP contribution in [0.2, 0.25) is 0 Å². The first-order valence-electron chi connectivity index (χ1n) is 9.44. The van der Waals surface area contributed by atoms with Gasteiger partial charge in [-0.25, -0.2) is 4.79 Å². The smallest absolute Gasteiger partial charge is 0.338 e. The van der Waals surface area contributed by atoms with E-state index in [0.717, 1.165) is 11.1 Å². The highest BCUT2D eigenvalue weighted by atomic mass is 16.5. The molecule has 0 aromatic heterocycles. The van der Waals surface area contributed by atoms with Crippen LogP contribution < -0.4 is 10.6 Å². The van der Waals surface area contributed by atoms with Crippen molar-refractivity contribution < 1.29 is 19.1 Å². The zero-order valence-corrected chi connectivity index (χ0v) is 16.8. The Morgan fingerprint density at radius 3 is 2.20 bits per heavy atom. The highest BCUT2D eigenvalue weighted by molar-refractivity contribution is 6.10. The van der Waals surface area contributed by atoms with E-state index in [0.29, 0.717) is 22.5 Å². The minimum atomic E-state index is -0.568. The number of rotatable bonds is 6. The average Bonchev–Trinajstić information content (AvgIpc) is 2.75. The summed E-state index contributed by atoms with van der Waals surface area (Å²) in [5.74, 6) is -1.46. The Morgan fingerprint density at radius 1 is 0.767 bits per heavy atom. The number of carbonyl (C=O) groups is 3. The fraction of sp³-hybridized carbons (Fsp3) is 0.125. The standard InChI is InChI=1S/C24H22N2O4/c1-16-9-8-13-19(17(16)2)24(29)30-15-22(27)26-21-14-7-6-12-20(21)23(28)25-18-10-4-3-5-11-18/h3-14H,15H2,1-2H3,(H,25,28)(H,26,27). The summed E-state index contributed by atoms with van der Waals surface area (Å²) >= 11 is 0. The number of anilines is 2. The summed E-state index contributed by atoms with van der Waals surface area (Å²) < 4.78 is 5.14. The van der Waals surface area contributed by atoms with E-state index >= 15 is 0 Å². The van der Waals surface area contributed by atoms with Crippen LogP contribution in [-0.4, -0.2) is 24.4 Å². The van der Waals surface area contributed by atoms with Gasteiger partial charge >= 0.3 is 5.97 Å². The van der Waals surface area contributed by atoms with Gasteiger partial charge in [-0.1, -0.05) is 42.5 Å². The van der Waals surface area contributed by atoms with E-state index in [1.165, 1.54) is 0 Å². The molecule has 0 aliphatic heterocycles. The second-order valence-corrected chi connectivity index (χ2v) is 6.74. The van der Waals surface area contributed by atoms with E-state index < -0.39 is 18.5 Å². The van der Waals surface area contributed by atoms with Gasteiger partial charge in [0.15, 0.2) is 6.61 Å². The molecule has 3 rings (SSSR count). The number of hydrogen-bond donors (Lipinski definition) is 2. The molecular weight excluding hydrogens is 380 g/mol. The summed E-state index contributed by atoms with van der Waals surface area (Å²) in [6, 6.07) is 21.0. The van der Waals surface area contributed by atoms with Crippen molar-refractivity contribution >= 4 is 29.2 Å². The quantitative estimate of drug-likeness (QED) is 0.601. The van der Waals surface area contributed by atoms with Crippen molar-refractivity contribution in [3.05, 3.63) is 95.1 Å². The molecule has 0 aliphatic rings. The minimum Gasteiger partial charge on any atom is -0.452 e. The van der Waals surface area contributed by atoms with Crippen LogP contribution in [0.15, 0.2) is 72.8 Å². The molecule has 0 radical (unpaired) electrons. The van der Waals surface area contributed by atoms with Crippen molar-refractivity contribution in [1.82, 2.24) is 0 Å². The molecule has 0 spiro atoms. The number of amides is 2. The Hall–Kier alpha value is -3.93. The van der Waals surface area contributed by atoms with E-state index in [4.69, 9.17) is 4.74 Å². The molecule has 2 amide bonds. The predicted octanol–water partition coefficient (Wildman–Crippen LogP) is 4.35. The molecule has 0 saturated carbocycles. The molecule has 0 fully saturated rings. The summed E-state index contributed by atoms with van der Waals surface area (Å²) in [7, 11) is 0. The predicted molar refractivity (Wildman–Crippen MR) is 116 cm³/mol. The number of nitrogens with one attached hydrogen (secondary N) is 2. The lowest BCUT2D eigenvalue weighted by Crippen LogP contribution is -2.23. The Morgan fingerprint density at radius 2 is 1.43 bits per heavy atom. The van der Waals surface area contributed by atoms with Gasteiger partial charge < -0.3 is 15.4 Å². The summed E-state index contributed by atoms with van der Waals surface area (Å²) in [4.78, 5) is 37.2. The van der Waals surface area contributed by atoms with Gasteiger partial charge in [-0.3, -0.25) is 9.59 Å². The van der Waals surface area contributed by atoms with E-state index in [2.05, 4.69) is 10.6 Å². The van der Waals surface area contributed by atoms with Crippen LogP contribution in [0.25, 0.3) is 0 Å². The molecule has 30 heavy (non-hydrogen) atoms. The first kappa shape index (κ1) is 20.8.